The molecule has 2 aromatic heterocycles. The molecule has 12 rings (SSSR count). The maximum atomic E-state index is 5.48. The molecule has 0 saturated heterocycles. The lowest BCUT2D eigenvalue weighted by Gasteiger charge is -2.26. The summed E-state index contributed by atoms with van der Waals surface area (Å²) in [5, 5.41) is 11.2. The Morgan fingerprint density at radius 2 is 1.12 bits per heavy atom. The van der Waals surface area contributed by atoms with Gasteiger partial charge in [-0.1, -0.05) is 158 Å². The average Bonchev–Trinajstić information content (AvgIpc) is 3.86. The zero-order chi connectivity index (χ0) is 39.6. The summed E-state index contributed by atoms with van der Waals surface area (Å²) in [5.41, 5.74) is 11.0. The van der Waals surface area contributed by atoms with Crippen molar-refractivity contribution in [1.29, 1.82) is 0 Å². The summed E-state index contributed by atoms with van der Waals surface area (Å²) in [6.45, 7) is 0. The SMILES string of the molecule is c1ccc(-c2ccccc2C2=NC(c3ccc(-n4c5ccccc5c5cc6ccccc6cc54)cc3-c3cccc4sc5ccccc5c34)=NC(c3ccccc3)N2)cc1. The second-order valence-electron chi connectivity index (χ2n) is 15.4. The highest BCUT2D eigenvalue weighted by molar-refractivity contribution is 7.25. The molecule has 0 aliphatic carbocycles. The third-order valence-corrected chi connectivity index (χ3v) is 13.0. The van der Waals surface area contributed by atoms with Gasteiger partial charge in [0.2, 0.25) is 0 Å². The van der Waals surface area contributed by atoms with E-state index in [0.29, 0.717) is 5.84 Å². The van der Waals surface area contributed by atoms with E-state index in [2.05, 4.69) is 216 Å². The maximum absolute atomic E-state index is 5.48. The molecular formula is C55H36N4S. The van der Waals surface area contributed by atoms with Crippen LogP contribution in [0.3, 0.4) is 0 Å². The van der Waals surface area contributed by atoms with E-state index < -0.39 is 0 Å². The Morgan fingerprint density at radius 3 is 1.97 bits per heavy atom. The Bertz CT molecular complexity index is 3520. The Kier molecular flexibility index (Phi) is 8.06. The highest BCUT2D eigenvalue weighted by atomic mass is 32.1. The maximum Gasteiger partial charge on any atom is 0.160 e. The number of aliphatic imine (C=N–C) groups is 2. The first-order chi connectivity index (χ1) is 29.7. The molecule has 0 bridgehead atoms. The van der Waals surface area contributed by atoms with Crippen molar-refractivity contribution < 1.29 is 0 Å². The van der Waals surface area contributed by atoms with E-state index in [1.807, 2.05) is 11.3 Å². The molecule has 0 spiro atoms. The Hall–Kier alpha value is -7.60. The predicted octanol–water partition coefficient (Wildman–Crippen LogP) is 14.1. The smallest absolute Gasteiger partial charge is 0.160 e. The van der Waals surface area contributed by atoms with Crippen LogP contribution in [0.1, 0.15) is 22.9 Å². The molecule has 4 nitrogen and oxygen atoms in total. The Morgan fingerprint density at radius 1 is 0.450 bits per heavy atom. The third-order valence-electron chi connectivity index (χ3n) is 11.9. The second kappa shape index (κ2) is 14.0. The van der Waals surface area contributed by atoms with Crippen LogP contribution in [0.25, 0.3) is 80.7 Å². The first-order valence-corrected chi connectivity index (χ1v) is 21.2. The van der Waals surface area contributed by atoms with Gasteiger partial charge in [0.05, 0.1) is 11.0 Å². The van der Waals surface area contributed by atoms with Gasteiger partial charge in [0.25, 0.3) is 0 Å². The van der Waals surface area contributed by atoms with Crippen LogP contribution in [0.2, 0.25) is 0 Å². The lowest BCUT2D eigenvalue weighted by atomic mass is 9.93. The number of nitrogens with one attached hydrogen (secondary N) is 1. The van der Waals surface area contributed by atoms with Gasteiger partial charge < -0.3 is 9.88 Å². The summed E-state index contributed by atoms with van der Waals surface area (Å²) < 4.78 is 4.95. The molecule has 0 fully saturated rings. The number of rotatable bonds is 6. The third kappa shape index (κ3) is 5.66. The van der Waals surface area contributed by atoms with Crippen molar-refractivity contribution in [3.8, 4) is 27.9 Å². The van der Waals surface area contributed by atoms with E-state index in [0.717, 1.165) is 50.5 Å². The summed E-state index contributed by atoms with van der Waals surface area (Å²) in [4.78, 5) is 10.9. The molecule has 3 heterocycles. The van der Waals surface area contributed by atoms with E-state index in [-0.39, 0.29) is 6.17 Å². The van der Waals surface area contributed by atoms with Gasteiger partial charge in [0, 0.05) is 47.8 Å². The number of amidine groups is 2. The van der Waals surface area contributed by atoms with Crippen molar-refractivity contribution in [2.45, 2.75) is 6.17 Å². The van der Waals surface area contributed by atoms with Gasteiger partial charge in [-0.05, 0) is 87.1 Å². The van der Waals surface area contributed by atoms with Gasteiger partial charge >= 0.3 is 0 Å². The van der Waals surface area contributed by atoms with Crippen LogP contribution in [0.5, 0.6) is 0 Å². The molecule has 9 aromatic carbocycles. The first-order valence-electron chi connectivity index (χ1n) is 20.4. The van der Waals surface area contributed by atoms with E-state index in [1.165, 1.54) is 52.8 Å². The number of hydrogen-bond acceptors (Lipinski definition) is 4. The van der Waals surface area contributed by atoms with Crippen LogP contribution >= 0.6 is 11.3 Å². The van der Waals surface area contributed by atoms with E-state index in [9.17, 15) is 0 Å². The molecule has 1 aliphatic rings. The normalized spacial score (nSPS) is 14.2. The number of nitrogens with zero attached hydrogens (tertiary/aromatic N) is 3. The molecule has 1 unspecified atom stereocenters. The van der Waals surface area contributed by atoms with Crippen LogP contribution in [0.15, 0.2) is 216 Å². The fourth-order valence-corrected chi connectivity index (χ4v) is 10.2. The average molecular weight is 785 g/mol. The topological polar surface area (TPSA) is 41.7 Å². The van der Waals surface area contributed by atoms with Crippen LogP contribution < -0.4 is 5.32 Å². The number of benzene rings is 9. The quantitative estimate of drug-likeness (QED) is 0.179. The molecule has 1 aliphatic heterocycles. The minimum Gasteiger partial charge on any atom is -0.344 e. The highest BCUT2D eigenvalue weighted by Crippen LogP contribution is 2.43. The number of aromatic nitrogens is 1. The molecule has 5 heteroatoms. The van der Waals surface area contributed by atoms with Crippen molar-refractivity contribution in [2.75, 3.05) is 0 Å². The van der Waals surface area contributed by atoms with Gasteiger partial charge in [-0.3, -0.25) is 0 Å². The molecule has 1 N–H and O–H groups in total. The van der Waals surface area contributed by atoms with Gasteiger partial charge in [0.15, 0.2) is 5.84 Å². The Balaban J connectivity index is 1.14. The van der Waals surface area contributed by atoms with Crippen molar-refractivity contribution in [2.24, 2.45) is 9.98 Å². The lowest BCUT2D eigenvalue weighted by Crippen LogP contribution is -2.34. The molecule has 11 aromatic rings. The lowest BCUT2D eigenvalue weighted by molar-refractivity contribution is 0.674. The Labute approximate surface area is 351 Å². The van der Waals surface area contributed by atoms with E-state index in [4.69, 9.17) is 9.98 Å². The van der Waals surface area contributed by atoms with Crippen molar-refractivity contribution in [1.82, 2.24) is 9.88 Å². The van der Waals surface area contributed by atoms with Crippen molar-refractivity contribution in [3.05, 3.63) is 223 Å². The van der Waals surface area contributed by atoms with Crippen LogP contribution in [0, 0.1) is 0 Å². The van der Waals surface area contributed by atoms with E-state index in [1.54, 1.807) is 0 Å². The van der Waals surface area contributed by atoms with Crippen LogP contribution in [-0.4, -0.2) is 16.2 Å². The van der Waals surface area contributed by atoms with Crippen molar-refractivity contribution >= 4 is 75.8 Å². The van der Waals surface area contributed by atoms with Gasteiger partial charge in [-0.25, -0.2) is 9.98 Å². The molecule has 282 valence electrons. The van der Waals surface area contributed by atoms with Gasteiger partial charge in [-0.15, -0.1) is 11.3 Å². The summed E-state index contributed by atoms with van der Waals surface area (Å²) >= 11 is 1.84. The summed E-state index contributed by atoms with van der Waals surface area (Å²) in [7, 11) is 0. The fraction of sp³-hybridized carbons (Fsp3) is 0.0182. The number of thiophene rings is 1. The standard InChI is InChI=1S/C55H36N4S/c1-3-16-35(17-4-1)40-22-9-10-24-43(40)54-56-53(36-18-5-2-6-19-36)57-55(58-54)44-31-30-39(34-46(44)42-26-15-29-51-52(42)45-25-12-14-28-50(45)60-51)59-48-27-13-11-23-41(48)47-32-37-20-7-8-21-38(37)33-49(47)59/h1-34,53H,(H,56,57,58). The zero-order valence-corrected chi connectivity index (χ0v) is 33.3. The summed E-state index contributed by atoms with van der Waals surface area (Å²) in [5.74, 6) is 1.48. The molecular weight excluding hydrogens is 749 g/mol. The molecule has 0 amide bonds. The largest absolute Gasteiger partial charge is 0.344 e. The summed E-state index contributed by atoms with van der Waals surface area (Å²) in [6.07, 6.45) is -0.353. The second-order valence-corrected chi connectivity index (χ2v) is 16.4. The number of para-hydroxylation sites is 1. The predicted molar refractivity (Wildman–Crippen MR) is 254 cm³/mol. The monoisotopic (exact) mass is 784 g/mol. The van der Waals surface area contributed by atoms with Gasteiger partial charge in [-0.2, -0.15) is 0 Å². The molecule has 60 heavy (non-hydrogen) atoms. The minimum atomic E-state index is -0.353. The van der Waals surface area contributed by atoms with Crippen molar-refractivity contribution in [3.63, 3.8) is 0 Å². The minimum absolute atomic E-state index is 0.353. The molecule has 0 saturated carbocycles. The van der Waals surface area contributed by atoms with Gasteiger partial charge in [0.1, 0.15) is 12.0 Å². The van der Waals surface area contributed by atoms with E-state index >= 15 is 0 Å². The zero-order valence-electron chi connectivity index (χ0n) is 32.5. The van der Waals surface area contributed by atoms with Crippen LogP contribution in [-0.2, 0) is 0 Å². The number of hydrogen-bond donors (Lipinski definition) is 1. The number of fused-ring (bicyclic) bond motifs is 7. The fourth-order valence-electron chi connectivity index (χ4n) is 9.09. The summed E-state index contributed by atoms with van der Waals surface area (Å²) in [6, 6.07) is 74.0. The molecule has 1 atom stereocenters. The van der Waals surface area contributed by atoms with Crippen LogP contribution in [0.4, 0.5) is 0 Å². The molecule has 0 radical (unpaired) electrons. The highest BCUT2D eigenvalue weighted by Gasteiger charge is 2.26. The first kappa shape index (κ1) is 34.4.